The van der Waals surface area contributed by atoms with Crippen LogP contribution < -0.4 is 4.74 Å². The van der Waals surface area contributed by atoms with Crippen molar-refractivity contribution in [3.63, 3.8) is 0 Å². The van der Waals surface area contributed by atoms with Crippen LogP contribution in [0.25, 0.3) is 11.1 Å². The van der Waals surface area contributed by atoms with Gasteiger partial charge in [-0.25, -0.2) is 4.39 Å². The summed E-state index contributed by atoms with van der Waals surface area (Å²) >= 11 is 0. The van der Waals surface area contributed by atoms with E-state index in [1.807, 2.05) is 24.3 Å². The molecule has 0 heterocycles. The first-order valence-electron chi connectivity index (χ1n) is 8.97. The van der Waals surface area contributed by atoms with Gasteiger partial charge in [0.1, 0.15) is 0 Å². The molecule has 1 nitrogen and oxygen atoms in total. The van der Waals surface area contributed by atoms with Gasteiger partial charge in [-0.15, -0.1) is 0 Å². The quantitative estimate of drug-likeness (QED) is 0.344. The van der Waals surface area contributed by atoms with Crippen molar-refractivity contribution in [2.75, 3.05) is 6.61 Å². The van der Waals surface area contributed by atoms with Crippen LogP contribution in [0.1, 0.15) is 44.6 Å². The lowest BCUT2D eigenvalue weighted by Gasteiger charge is -2.10. The Morgan fingerprint density at radius 2 is 1.58 bits per heavy atom. The topological polar surface area (TPSA) is 9.23 Å². The molecule has 2 aromatic rings. The highest BCUT2D eigenvalue weighted by Gasteiger charge is 2.26. The van der Waals surface area contributed by atoms with Gasteiger partial charge < -0.3 is 4.74 Å². The van der Waals surface area contributed by atoms with Gasteiger partial charge in [0.05, 0.1) is 6.61 Å². The number of benzene rings is 2. The maximum absolute atomic E-state index is 14.1. The van der Waals surface area contributed by atoms with Gasteiger partial charge in [0.2, 0.25) is 0 Å². The Kier molecular flexibility index (Phi) is 7.49. The predicted molar refractivity (Wildman–Crippen MR) is 95.8 cm³/mol. The minimum Gasteiger partial charge on any atom is -0.491 e. The summed E-state index contributed by atoms with van der Waals surface area (Å²) < 4.78 is 55.5. The van der Waals surface area contributed by atoms with E-state index in [2.05, 4.69) is 6.92 Å². The SMILES string of the molecule is CCCCCc1ccc(-c2ccc(OCCCC(F)(F)F)c(F)c2)cc1. The van der Waals surface area contributed by atoms with Crippen molar-refractivity contribution in [3.05, 3.63) is 53.8 Å². The van der Waals surface area contributed by atoms with Crippen LogP contribution >= 0.6 is 0 Å². The molecule has 0 saturated carbocycles. The zero-order valence-corrected chi connectivity index (χ0v) is 14.9. The van der Waals surface area contributed by atoms with Crippen LogP contribution in [0.3, 0.4) is 0 Å². The second kappa shape index (κ2) is 9.60. The number of hydrogen-bond acceptors (Lipinski definition) is 1. The number of alkyl halides is 3. The molecule has 0 spiro atoms. The van der Waals surface area contributed by atoms with Crippen molar-refractivity contribution in [3.8, 4) is 16.9 Å². The van der Waals surface area contributed by atoms with Gasteiger partial charge in [-0.2, -0.15) is 13.2 Å². The zero-order chi connectivity index (χ0) is 19.0. The highest BCUT2D eigenvalue weighted by Crippen LogP contribution is 2.27. The minimum atomic E-state index is -4.21. The molecule has 2 aromatic carbocycles. The van der Waals surface area contributed by atoms with Gasteiger partial charge in [-0.3, -0.25) is 0 Å². The van der Waals surface area contributed by atoms with Crippen LogP contribution in [0.4, 0.5) is 17.6 Å². The summed E-state index contributed by atoms with van der Waals surface area (Å²) in [6.07, 6.45) is -0.757. The number of rotatable bonds is 9. The molecule has 26 heavy (non-hydrogen) atoms. The summed E-state index contributed by atoms with van der Waals surface area (Å²) in [4.78, 5) is 0. The molecule has 0 atom stereocenters. The molecule has 0 N–H and O–H groups in total. The van der Waals surface area contributed by atoms with Crippen molar-refractivity contribution in [2.24, 2.45) is 0 Å². The number of halogens is 4. The molecule has 2 rings (SSSR count). The number of ether oxygens (including phenoxy) is 1. The third kappa shape index (κ3) is 6.70. The average molecular weight is 368 g/mol. The Morgan fingerprint density at radius 1 is 0.885 bits per heavy atom. The molecule has 142 valence electrons. The molecule has 0 aliphatic rings. The molecule has 5 heteroatoms. The smallest absolute Gasteiger partial charge is 0.389 e. The van der Waals surface area contributed by atoms with Gasteiger partial charge in [0, 0.05) is 6.42 Å². The van der Waals surface area contributed by atoms with E-state index in [9.17, 15) is 17.6 Å². The first kappa shape index (κ1) is 20.3. The summed E-state index contributed by atoms with van der Waals surface area (Å²) in [5.74, 6) is -0.589. The van der Waals surface area contributed by atoms with E-state index >= 15 is 0 Å². The summed E-state index contributed by atoms with van der Waals surface area (Å²) in [5.41, 5.74) is 2.87. The molecule has 0 aliphatic carbocycles. The van der Waals surface area contributed by atoms with Gasteiger partial charge in [0.25, 0.3) is 0 Å². The normalized spacial score (nSPS) is 11.6. The van der Waals surface area contributed by atoms with Crippen LogP contribution in [0.2, 0.25) is 0 Å². The molecule has 0 saturated heterocycles. The molecule has 0 unspecified atom stereocenters. The maximum atomic E-state index is 14.1. The van der Waals surface area contributed by atoms with Gasteiger partial charge in [0.15, 0.2) is 11.6 Å². The third-order valence-corrected chi connectivity index (χ3v) is 4.15. The van der Waals surface area contributed by atoms with Crippen LogP contribution in [0, 0.1) is 5.82 Å². The zero-order valence-electron chi connectivity index (χ0n) is 14.9. The lowest BCUT2D eigenvalue weighted by molar-refractivity contribution is -0.136. The van der Waals surface area contributed by atoms with E-state index in [0.717, 1.165) is 18.4 Å². The molecule has 0 aliphatic heterocycles. The summed E-state index contributed by atoms with van der Waals surface area (Å²) in [6, 6.07) is 12.5. The summed E-state index contributed by atoms with van der Waals surface area (Å²) in [7, 11) is 0. The minimum absolute atomic E-state index is 0.0212. The van der Waals surface area contributed by atoms with Crippen molar-refractivity contribution in [1.82, 2.24) is 0 Å². The Morgan fingerprint density at radius 3 is 2.19 bits per heavy atom. The monoisotopic (exact) mass is 368 g/mol. The lowest BCUT2D eigenvalue weighted by atomic mass is 10.0. The van der Waals surface area contributed by atoms with Crippen molar-refractivity contribution < 1.29 is 22.3 Å². The van der Waals surface area contributed by atoms with Crippen molar-refractivity contribution in [2.45, 2.75) is 51.6 Å². The Balaban J connectivity index is 1.93. The second-order valence-corrected chi connectivity index (χ2v) is 6.37. The number of unbranched alkanes of at least 4 members (excludes halogenated alkanes) is 2. The van der Waals surface area contributed by atoms with E-state index < -0.39 is 18.4 Å². The number of aryl methyl sites for hydroxylation is 1. The molecule has 0 radical (unpaired) electrons. The molecule has 0 amide bonds. The molecule has 0 fully saturated rings. The van der Waals surface area contributed by atoms with E-state index in [0.29, 0.717) is 5.56 Å². The summed E-state index contributed by atoms with van der Waals surface area (Å²) in [6.45, 7) is 2.00. The highest BCUT2D eigenvalue weighted by atomic mass is 19.4. The maximum Gasteiger partial charge on any atom is 0.389 e. The Labute approximate surface area is 152 Å². The Hall–Kier alpha value is -2.04. The number of hydrogen-bond donors (Lipinski definition) is 0. The first-order valence-corrected chi connectivity index (χ1v) is 8.97. The third-order valence-electron chi connectivity index (χ3n) is 4.15. The standard InChI is InChI=1S/C21H24F4O/c1-2-3-4-6-16-7-9-17(10-8-16)18-11-12-20(19(22)15-18)26-14-5-13-21(23,24)25/h7-12,15H,2-6,13-14H2,1H3. The highest BCUT2D eigenvalue weighted by molar-refractivity contribution is 5.64. The van der Waals surface area contributed by atoms with Crippen molar-refractivity contribution in [1.29, 1.82) is 0 Å². The average Bonchev–Trinajstić information content (AvgIpc) is 2.60. The Bertz CT molecular complexity index is 677. The van der Waals surface area contributed by atoms with Crippen LogP contribution in [0.5, 0.6) is 5.75 Å². The predicted octanol–water partition coefficient (Wildman–Crippen LogP) is 6.95. The molecule has 0 aromatic heterocycles. The fourth-order valence-corrected chi connectivity index (χ4v) is 2.70. The van der Waals surface area contributed by atoms with E-state index in [1.165, 1.54) is 30.5 Å². The second-order valence-electron chi connectivity index (χ2n) is 6.37. The fraction of sp³-hybridized carbons (Fsp3) is 0.429. The van der Waals surface area contributed by atoms with Crippen LogP contribution in [-0.4, -0.2) is 12.8 Å². The van der Waals surface area contributed by atoms with E-state index in [-0.39, 0.29) is 18.8 Å². The summed E-state index contributed by atoms with van der Waals surface area (Å²) in [5, 5.41) is 0. The molecular weight excluding hydrogens is 344 g/mol. The van der Waals surface area contributed by atoms with Crippen LogP contribution in [0.15, 0.2) is 42.5 Å². The van der Waals surface area contributed by atoms with Gasteiger partial charge >= 0.3 is 6.18 Å². The largest absolute Gasteiger partial charge is 0.491 e. The molecular formula is C21H24F4O. The molecule has 0 bridgehead atoms. The van der Waals surface area contributed by atoms with E-state index in [4.69, 9.17) is 4.74 Å². The van der Waals surface area contributed by atoms with Crippen molar-refractivity contribution >= 4 is 0 Å². The van der Waals surface area contributed by atoms with E-state index in [1.54, 1.807) is 6.07 Å². The first-order chi connectivity index (χ1) is 12.4. The fourth-order valence-electron chi connectivity index (χ4n) is 2.70. The van der Waals surface area contributed by atoms with Gasteiger partial charge in [-0.05, 0) is 48.1 Å². The van der Waals surface area contributed by atoms with Gasteiger partial charge in [-0.1, -0.05) is 50.1 Å². The lowest BCUT2D eigenvalue weighted by Crippen LogP contribution is -2.10. The van der Waals surface area contributed by atoms with Crippen LogP contribution in [-0.2, 0) is 6.42 Å².